The zero-order valence-electron chi connectivity index (χ0n) is 8.91. The molecule has 2 rings (SSSR count). The van der Waals surface area contributed by atoms with Crippen LogP contribution in [0.25, 0.3) is 11.1 Å². The molecule has 2 nitrogen and oxygen atoms in total. The molecule has 0 atom stereocenters. The maximum atomic E-state index is 12.8. The Morgan fingerprint density at radius 3 is 2.19 bits per heavy atom. The van der Waals surface area contributed by atoms with Gasteiger partial charge >= 0.3 is 0 Å². The molecule has 0 spiro atoms. The van der Waals surface area contributed by atoms with Crippen LogP contribution < -0.4 is 10.7 Å². The van der Waals surface area contributed by atoms with Gasteiger partial charge in [0.1, 0.15) is 11.6 Å². The average Bonchev–Trinajstić information content (AvgIpc) is 2.30. The summed E-state index contributed by atoms with van der Waals surface area (Å²) in [5.41, 5.74) is 2.93. The van der Waals surface area contributed by atoms with E-state index in [-0.39, 0.29) is 5.82 Å². The predicted molar refractivity (Wildman–Crippen MR) is 61.4 cm³/mol. The van der Waals surface area contributed by atoms with Crippen LogP contribution in [0.3, 0.4) is 0 Å². The summed E-state index contributed by atoms with van der Waals surface area (Å²) in [5, 5.41) is 0. The van der Waals surface area contributed by atoms with E-state index in [1.807, 2.05) is 19.1 Å². The second-order valence-corrected chi connectivity index (χ2v) is 3.61. The van der Waals surface area contributed by atoms with Gasteiger partial charge in [0.25, 0.3) is 0 Å². The summed E-state index contributed by atoms with van der Waals surface area (Å²) in [6.07, 6.45) is 0. The van der Waals surface area contributed by atoms with Crippen LogP contribution in [0.15, 0.2) is 42.5 Å². The van der Waals surface area contributed by atoms with Crippen molar-refractivity contribution in [2.24, 2.45) is 5.90 Å². The minimum Gasteiger partial charge on any atom is -0.411 e. The maximum absolute atomic E-state index is 12.8. The van der Waals surface area contributed by atoms with Crippen molar-refractivity contribution >= 4 is 0 Å². The lowest BCUT2D eigenvalue weighted by Crippen LogP contribution is -2.03. The Bertz CT molecular complexity index is 494. The molecule has 2 aromatic carbocycles. The molecule has 0 bridgehead atoms. The molecular formula is C13H12FNO. The van der Waals surface area contributed by atoms with E-state index in [0.717, 1.165) is 16.7 Å². The normalized spacial score (nSPS) is 10.2. The van der Waals surface area contributed by atoms with Crippen LogP contribution in [0.2, 0.25) is 0 Å². The topological polar surface area (TPSA) is 35.2 Å². The summed E-state index contributed by atoms with van der Waals surface area (Å²) in [6, 6.07) is 12.0. The number of hydrogen-bond donors (Lipinski definition) is 1. The van der Waals surface area contributed by atoms with Crippen molar-refractivity contribution in [3.63, 3.8) is 0 Å². The number of rotatable bonds is 2. The molecule has 0 aliphatic heterocycles. The molecule has 0 saturated carbocycles. The van der Waals surface area contributed by atoms with E-state index in [1.165, 1.54) is 12.1 Å². The van der Waals surface area contributed by atoms with Crippen molar-refractivity contribution < 1.29 is 9.23 Å². The summed E-state index contributed by atoms with van der Waals surface area (Å²) in [7, 11) is 0. The molecule has 0 unspecified atom stereocenters. The fraction of sp³-hybridized carbons (Fsp3) is 0.0769. The van der Waals surface area contributed by atoms with Crippen molar-refractivity contribution in [1.29, 1.82) is 0 Å². The van der Waals surface area contributed by atoms with Gasteiger partial charge in [-0.05, 0) is 47.9 Å². The first-order valence-electron chi connectivity index (χ1n) is 4.94. The Kier molecular flexibility index (Phi) is 2.88. The van der Waals surface area contributed by atoms with E-state index < -0.39 is 0 Å². The van der Waals surface area contributed by atoms with Crippen LogP contribution in [0.1, 0.15) is 5.56 Å². The minimum absolute atomic E-state index is 0.234. The van der Waals surface area contributed by atoms with Gasteiger partial charge in [-0.2, -0.15) is 5.90 Å². The third-order valence-electron chi connectivity index (χ3n) is 2.48. The van der Waals surface area contributed by atoms with E-state index in [1.54, 1.807) is 18.2 Å². The molecule has 82 valence electrons. The van der Waals surface area contributed by atoms with Gasteiger partial charge < -0.3 is 4.84 Å². The summed E-state index contributed by atoms with van der Waals surface area (Å²) < 4.78 is 12.8. The van der Waals surface area contributed by atoms with Crippen LogP contribution >= 0.6 is 0 Å². The first-order valence-corrected chi connectivity index (χ1v) is 4.94. The van der Waals surface area contributed by atoms with Crippen LogP contribution in [-0.2, 0) is 0 Å². The van der Waals surface area contributed by atoms with Crippen molar-refractivity contribution in [2.45, 2.75) is 6.92 Å². The average molecular weight is 217 g/mol. The van der Waals surface area contributed by atoms with E-state index >= 15 is 0 Å². The highest BCUT2D eigenvalue weighted by Gasteiger charge is 2.02. The van der Waals surface area contributed by atoms with E-state index in [0.29, 0.717) is 5.75 Å². The standard InChI is InChI=1S/C13H12FNO/c1-9-8-11(4-7-13(9)16-15)10-2-5-12(14)6-3-10/h2-8H,15H2,1H3. The number of nitrogens with two attached hydrogens (primary N) is 1. The predicted octanol–water partition coefficient (Wildman–Crippen LogP) is 3.05. The SMILES string of the molecule is Cc1cc(-c2ccc(F)cc2)ccc1ON. The molecule has 3 heteroatoms. The first-order chi connectivity index (χ1) is 7.70. The van der Waals surface area contributed by atoms with Crippen LogP contribution in [0.5, 0.6) is 5.75 Å². The van der Waals surface area contributed by atoms with Gasteiger partial charge in [0.15, 0.2) is 0 Å². The summed E-state index contributed by atoms with van der Waals surface area (Å²) in [5.74, 6) is 5.52. The zero-order valence-corrected chi connectivity index (χ0v) is 8.91. The number of aryl methyl sites for hydroxylation is 1. The lowest BCUT2D eigenvalue weighted by molar-refractivity contribution is 0.332. The lowest BCUT2D eigenvalue weighted by atomic mass is 10.0. The molecule has 0 heterocycles. The van der Waals surface area contributed by atoms with Crippen molar-refractivity contribution in [2.75, 3.05) is 0 Å². The van der Waals surface area contributed by atoms with Crippen molar-refractivity contribution in [3.8, 4) is 16.9 Å². The van der Waals surface area contributed by atoms with E-state index in [4.69, 9.17) is 10.7 Å². The molecule has 0 amide bonds. The summed E-state index contributed by atoms with van der Waals surface area (Å²) >= 11 is 0. The van der Waals surface area contributed by atoms with Gasteiger partial charge in [-0.25, -0.2) is 4.39 Å². The highest BCUT2D eigenvalue weighted by atomic mass is 19.1. The molecule has 0 aliphatic carbocycles. The molecule has 2 aromatic rings. The third kappa shape index (κ3) is 2.04. The smallest absolute Gasteiger partial charge is 0.149 e. The minimum atomic E-state index is -0.234. The van der Waals surface area contributed by atoms with Crippen LogP contribution in [0.4, 0.5) is 4.39 Å². The van der Waals surface area contributed by atoms with Crippen LogP contribution in [0, 0.1) is 12.7 Å². The Morgan fingerprint density at radius 1 is 1.00 bits per heavy atom. The third-order valence-corrected chi connectivity index (χ3v) is 2.48. The molecule has 0 fully saturated rings. The zero-order chi connectivity index (χ0) is 11.5. The first kappa shape index (κ1) is 10.6. The molecule has 16 heavy (non-hydrogen) atoms. The number of hydrogen-bond acceptors (Lipinski definition) is 2. The highest BCUT2D eigenvalue weighted by molar-refractivity contribution is 5.65. The quantitative estimate of drug-likeness (QED) is 0.784. The number of benzene rings is 2. The fourth-order valence-electron chi connectivity index (χ4n) is 1.60. The lowest BCUT2D eigenvalue weighted by Gasteiger charge is -2.06. The van der Waals surface area contributed by atoms with E-state index in [2.05, 4.69) is 0 Å². The van der Waals surface area contributed by atoms with Gasteiger partial charge in [0.2, 0.25) is 0 Å². The largest absolute Gasteiger partial charge is 0.411 e. The van der Waals surface area contributed by atoms with Gasteiger partial charge in [-0.3, -0.25) is 0 Å². The molecule has 0 aromatic heterocycles. The molecule has 0 aliphatic rings. The Balaban J connectivity index is 2.41. The Morgan fingerprint density at radius 2 is 1.62 bits per heavy atom. The molecule has 0 saturated heterocycles. The van der Waals surface area contributed by atoms with Gasteiger partial charge in [0.05, 0.1) is 0 Å². The maximum Gasteiger partial charge on any atom is 0.149 e. The second kappa shape index (κ2) is 4.33. The molecule has 0 radical (unpaired) electrons. The summed E-state index contributed by atoms with van der Waals surface area (Å²) in [4.78, 5) is 4.69. The van der Waals surface area contributed by atoms with Crippen LogP contribution in [-0.4, -0.2) is 0 Å². The Hall–Kier alpha value is -1.87. The van der Waals surface area contributed by atoms with Crippen molar-refractivity contribution in [3.05, 3.63) is 53.8 Å². The van der Waals surface area contributed by atoms with Gasteiger partial charge in [0, 0.05) is 0 Å². The van der Waals surface area contributed by atoms with Gasteiger partial charge in [-0.1, -0.05) is 18.2 Å². The van der Waals surface area contributed by atoms with Crippen molar-refractivity contribution in [1.82, 2.24) is 0 Å². The number of halogens is 1. The summed E-state index contributed by atoms with van der Waals surface area (Å²) in [6.45, 7) is 1.91. The molecule has 2 N–H and O–H groups in total. The second-order valence-electron chi connectivity index (χ2n) is 3.61. The van der Waals surface area contributed by atoms with E-state index in [9.17, 15) is 4.39 Å². The molecular weight excluding hydrogens is 205 g/mol. The van der Waals surface area contributed by atoms with Gasteiger partial charge in [-0.15, -0.1) is 0 Å². The Labute approximate surface area is 93.4 Å². The monoisotopic (exact) mass is 217 g/mol. The fourth-order valence-corrected chi connectivity index (χ4v) is 1.60. The highest BCUT2D eigenvalue weighted by Crippen LogP contribution is 2.25.